The van der Waals surface area contributed by atoms with E-state index in [0.29, 0.717) is 12.6 Å². The second-order valence-corrected chi connectivity index (χ2v) is 5.79. The van der Waals surface area contributed by atoms with E-state index in [-0.39, 0.29) is 0 Å². The molecule has 4 nitrogen and oxygen atoms in total. The van der Waals surface area contributed by atoms with Crippen molar-refractivity contribution in [3.05, 3.63) is 29.8 Å². The van der Waals surface area contributed by atoms with Crippen LogP contribution in [0.15, 0.2) is 24.3 Å². The molecule has 1 fully saturated rings. The Kier molecular flexibility index (Phi) is 5.83. The highest BCUT2D eigenvalue weighted by molar-refractivity contribution is 5.27. The van der Waals surface area contributed by atoms with Crippen molar-refractivity contribution < 1.29 is 4.74 Å². The first-order valence-electron chi connectivity index (χ1n) is 7.49. The number of rotatable bonds is 7. The zero-order valence-electron chi connectivity index (χ0n) is 12.7. The number of benzene rings is 1. The van der Waals surface area contributed by atoms with E-state index in [1.165, 1.54) is 19.4 Å². The highest BCUT2D eigenvalue weighted by Crippen LogP contribution is 2.18. The van der Waals surface area contributed by atoms with Gasteiger partial charge in [0.25, 0.3) is 0 Å². The quantitative estimate of drug-likeness (QED) is 0.821. The molecule has 0 bridgehead atoms. The van der Waals surface area contributed by atoms with E-state index in [9.17, 15) is 0 Å². The maximum absolute atomic E-state index is 5.82. The van der Waals surface area contributed by atoms with Crippen molar-refractivity contribution in [1.29, 1.82) is 0 Å². The van der Waals surface area contributed by atoms with Crippen molar-refractivity contribution in [3.63, 3.8) is 0 Å². The Bertz CT molecular complexity index is 391. The Morgan fingerprint density at radius 3 is 2.70 bits per heavy atom. The molecule has 1 heterocycles. The SMILES string of the molecule is CN(C)CC1CCCN1CCOc1ccc(CN)cc1. The number of nitrogens with zero attached hydrogens (tertiary/aromatic N) is 2. The van der Waals surface area contributed by atoms with E-state index in [2.05, 4.69) is 23.9 Å². The third-order valence-corrected chi connectivity index (χ3v) is 3.88. The third kappa shape index (κ3) is 4.47. The second-order valence-electron chi connectivity index (χ2n) is 5.79. The Hall–Kier alpha value is -1.10. The van der Waals surface area contributed by atoms with E-state index in [1.807, 2.05) is 24.3 Å². The molecule has 20 heavy (non-hydrogen) atoms. The maximum atomic E-state index is 5.82. The van der Waals surface area contributed by atoms with Gasteiger partial charge in [0, 0.05) is 25.7 Å². The van der Waals surface area contributed by atoms with E-state index in [0.717, 1.165) is 31.0 Å². The molecule has 1 aliphatic heterocycles. The molecular formula is C16H27N3O. The molecule has 1 aromatic rings. The molecule has 1 aliphatic rings. The molecule has 0 aromatic heterocycles. The van der Waals surface area contributed by atoms with Crippen LogP contribution in [0, 0.1) is 0 Å². The standard InChI is InChI=1S/C16H27N3O/c1-18(2)13-15-4-3-9-19(15)10-11-20-16-7-5-14(12-17)6-8-16/h5-8,15H,3-4,9-13,17H2,1-2H3. The molecule has 2 N–H and O–H groups in total. The first-order chi connectivity index (χ1) is 9.69. The van der Waals surface area contributed by atoms with Crippen LogP contribution in [0.1, 0.15) is 18.4 Å². The van der Waals surface area contributed by atoms with Gasteiger partial charge >= 0.3 is 0 Å². The lowest BCUT2D eigenvalue weighted by atomic mass is 10.2. The first-order valence-corrected chi connectivity index (χ1v) is 7.49. The fraction of sp³-hybridized carbons (Fsp3) is 0.625. The van der Waals surface area contributed by atoms with Crippen LogP contribution in [0.25, 0.3) is 0 Å². The van der Waals surface area contributed by atoms with Crippen LogP contribution in [0.3, 0.4) is 0 Å². The molecule has 0 aliphatic carbocycles. The molecule has 0 spiro atoms. The molecule has 4 heteroatoms. The van der Waals surface area contributed by atoms with Gasteiger partial charge in [-0.05, 0) is 51.2 Å². The van der Waals surface area contributed by atoms with Crippen LogP contribution < -0.4 is 10.5 Å². The fourth-order valence-corrected chi connectivity index (χ4v) is 2.82. The lowest BCUT2D eigenvalue weighted by Crippen LogP contribution is -2.39. The van der Waals surface area contributed by atoms with Crippen molar-refractivity contribution in [2.75, 3.05) is 40.3 Å². The Morgan fingerprint density at radius 1 is 1.30 bits per heavy atom. The summed E-state index contributed by atoms with van der Waals surface area (Å²) in [6.45, 7) is 4.70. The minimum atomic E-state index is 0.584. The number of likely N-dealkylation sites (N-methyl/N-ethyl adjacent to an activating group) is 1. The van der Waals surface area contributed by atoms with E-state index in [4.69, 9.17) is 10.5 Å². The minimum Gasteiger partial charge on any atom is -0.492 e. The van der Waals surface area contributed by atoms with Gasteiger partial charge in [-0.15, -0.1) is 0 Å². The monoisotopic (exact) mass is 277 g/mol. The van der Waals surface area contributed by atoms with E-state index in [1.54, 1.807) is 0 Å². The summed E-state index contributed by atoms with van der Waals surface area (Å²) in [7, 11) is 4.29. The van der Waals surface area contributed by atoms with Crippen molar-refractivity contribution in [1.82, 2.24) is 9.80 Å². The van der Waals surface area contributed by atoms with Crippen LogP contribution in [-0.4, -0.2) is 56.2 Å². The fourth-order valence-electron chi connectivity index (χ4n) is 2.82. The van der Waals surface area contributed by atoms with Gasteiger partial charge < -0.3 is 15.4 Å². The molecule has 112 valence electrons. The summed E-state index contributed by atoms with van der Waals surface area (Å²) in [6.07, 6.45) is 2.62. The van der Waals surface area contributed by atoms with Crippen LogP contribution in [0.5, 0.6) is 5.75 Å². The summed E-state index contributed by atoms with van der Waals surface area (Å²) < 4.78 is 5.82. The van der Waals surface area contributed by atoms with Crippen molar-refractivity contribution in [3.8, 4) is 5.75 Å². The van der Waals surface area contributed by atoms with E-state index >= 15 is 0 Å². The zero-order chi connectivity index (χ0) is 14.4. The lowest BCUT2D eigenvalue weighted by molar-refractivity contribution is 0.172. The van der Waals surface area contributed by atoms with Gasteiger partial charge in [-0.3, -0.25) is 4.90 Å². The average Bonchev–Trinajstić information content (AvgIpc) is 2.86. The van der Waals surface area contributed by atoms with Crippen LogP contribution >= 0.6 is 0 Å². The molecule has 0 saturated carbocycles. The van der Waals surface area contributed by atoms with Gasteiger partial charge in [0.15, 0.2) is 0 Å². The van der Waals surface area contributed by atoms with Gasteiger partial charge in [0.05, 0.1) is 0 Å². The highest BCUT2D eigenvalue weighted by Gasteiger charge is 2.24. The predicted molar refractivity (Wildman–Crippen MR) is 83.0 cm³/mol. The second kappa shape index (κ2) is 7.62. The van der Waals surface area contributed by atoms with Crippen LogP contribution in [0.4, 0.5) is 0 Å². The summed E-state index contributed by atoms with van der Waals surface area (Å²) >= 11 is 0. The Labute approximate surface area is 122 Å². The normalized spacial score (nSPS) is 19.7. The summed E-state index contributed by atoms with van der Waals surface area (Å²) in [4.78, 5) is 4.82. The minimum absolute atomic E-state index is 0.584. The van der Waals surface area contributed by atoms with E-state index < -0.39 is 0 Å². The number of likely N-dealkylation sites (tertiary alicyclic amines) is 1. The number of ether oxygens (including phenoxy) is 1. The molecule has 1 saturated heterocycles. The van der Waals surface area contributed by atoms with Gasteiger partial charge in [-0.2, -0.15) is 0 Å². The molecule has 1 atom stereocenters. The number of nitrogens with two attached hydrogens (primary N) is 1. The molecule has 1 unspecified atom stereocenters. The third-order valence-electron chi connectivity index (χ3n) is 3.88. The predicted octanol–water partition coefficient (Wildman–Crippen LogP) is 1.55. The van der Waals surface area contributed by atoms with Gasteiger partial charge in [-0.25, -0.2) is 0 Å². The topological polar surface area (TPSA) is 41.7 Å². The summed E-state index contributed by atoms with van der Waals surface area (Å²) in [6, 6.07) is 8.75. The van der Waals surface area contributed by atoms with Crippen molar-refractivity contribution >= 4 is 0 Å². The average molecular weight is 277 g/mol. The van der Waals surface area contributed by atoms with Gasteiger partial charge in [0.2, 0.25) is 0 Å². The number of hydrogen-bond donors (Lipinski definition) is 1. The maximum Gasteiger partial charge on any atom is 0.119 e. The molecule has 0 amide bonds. The van der Waals surface area contributed by atoms with Crippen molar-refractivity contribution in [2.45, 2.75) is 25.4 Å². The Balaban J connectivity index is 1.74. The first kappa shape index (κ1) is 15.3. The number of hydrogen-bond acceptors (Lipinski definition) is 4. The molecule has 0 radical (unpaired) electrons. The Morgan fingerprint density at radius 2 is 2.05 bits per heavy atom. The summed E-state index contributed by atoms with van der Waals surface area (Å²) in [5.74, 6) is 0.936. The van der Waals surface area contributed by atoms with Gasteiger partial charge in [0.1, 0.15) is 12.4 Å². The van der Waals surface area contributed by atoms with Crippen LogP contribution in [-0.2, 0) is 6.54 Å². The zero-order valence-corrected chi connectivity index (χ0v) is 12.7. The molecular weight excluding hydrogens is 250 g/mol. The van der Waals surface area contributed by atoms with Crippen molar-refractivity contribution in [2.24, 2.45) is 5.73 Å². The largest absolute Gasteiger partial charge is 0.492 e. The van der Waals surface area contributed by atoms with Gasteiger partial charge in [-0.1, -0.05) is 12.1 Å². The summed E-state index contributed by atoms with van der Waals surface area (Å²) in [5.41, 5.74) is 6.73. The highest BCUT2D eigenvalue weighted by atomic mass is 16.5. The molecule has 1 aromatic carbocycles. The molecule has 2 rings (SSSR count). The lowest BCUT2D eigenvalue weighted by Gasteiger charge is -2.26. The summed E-state index contributed by atoms with van der Waals surface area (Å²) in [5, 5.41) is 0. The smallest absolute Gasteiger partial charge is 0.119 e. The van der Waals surface area contributed by atoms with Crippen LogP contribution in [0.2, 0.25) is 0 Å².